The molecule has 2 aromatic rings. The lowest BCUT2D eigenvalue weighted by Gasteiger charge is -2.02. The van der Waals surface area contributed by atoms with Crippen molar-refractivity contribution in [3.8, 4) is 0 Å². The van der Waals surface area contributed by atoms with E-state index >= 15 is 0 Å². The lowest BCUT2D eigenvalue weighted by molar-refractivity contribution is -0.677. The SMILES string of the molecule is Cc1n(CCCCCCCCn2cc[n+](C)c2C)cc[n+]1C.[Br-].[Br-]. The van der Waals surface area contributed by atoms with Crippen molar-refractivity contribution in [2.45, 2.75) is 65.5 Å². The van der Waals surface area contributed by atoms with Crippen LogP contribution in [0.4, 0.5) is 0 Å². The van der Waals surface area contributed by atoms with Crippen molar-refractivity contribution in [1.29, 1.82) is 0 Å². The minimum atomic E-state index is 0. The molecule has 0 spiro atoms. The molecule has 0 saturated carbocycles. The number of hydrogen-bond donors (Lipinski definition) is 0. The highest BCUT2D eigenvalue weighted by Crippen LogP contribution is 2.08. The summed E-state index contributed by atoms with van der Waals surface area (Å²) >= 11 is 0. The van der Waals surface area contributed by atoms with Crippen molar-refractivity contribution in [2.75, 3.05) is 0 Å². The van der Waals surface area contributed by atoms with Gasteiger partial charge in [0.2, 0.25) is 0 Å². The fraction of sp³-hybridized carbons (Fsp3) is 0.667. The number of nitrogens with zero attached hydrogens (tertiary/aromatic N) is 4. The molecule has 6 heteroatoms. The highest BCUT2D eigenvalue weighted by atomic mass is 79.9. The van der Waals surface area contributed by atoms with Crippen molar-refractivity contribution in [3.63, 3.8) is 0 Å². The van der Waals surface area contributed by atoms with E-state index in [0.29, 0.717) is 0 Å². The minimum Gasteiger partial charge on any atom is -1.00 e. The van der Waals surface area contributed by atoms with Crippen LogP contribution in [0.5, 0.6) is 0 Å². The van der Waals surface area contributed by atoms with Crippen molar-refractivity contribution < 1.29 is 43.1 Å². The third-order valence-electron chi connectivity index (χ3n) is 4.84. The van der Waals surface area contributed by atoms with Crippen LogP contribution in [0.2, 0.25) is 0 Å². The summed E-state index contributed by atoms with van der Waals surface area (Å²) < 4.78 is 9.08. The second-order valence-corrected chi connectivity index (χ2v) is 6.42. The van der Waals surface area contributed by atoms with E-state index < -0.39 is 0 Å². The Labute approximate surface area is 168 Å². The van der Waals surface area contributed by atoms with Gasteiger partial charge in [0.15, 0.2) is 0 Å². The predicted octanol–water partition coefficient (Wildman–Crippen LogP) is -3.40. The molecule has 0 aliphatic carbocycles. The Hall–Kier alpha value is -0.620. The van der Waals surface area contributed by atoms with Gasteiger partial charge in [0.05, 0.1) is 27.2 Å². The molecule has 0 aliphatic rings. The molecule has 24 heavy (non-hydrogen) atoms. The van der Waals surface area contributed by atoms with Gasteiger partial charge in [-0.2, -0.15) is 0 Å². The Bertz CT molecular complexity index is 538. The van der Waals surface area contributed by atoms with Crippen LogP contribution in [0.25, 0.3) is 0 Å². The molecule has 0 fully saturated rings. The second-order valence-electron chi connectivity index (χ2n) is 6.42. The molecule has 0 amide bonds. The average molecular weight is 464 g/mol. The van der Waals surface area contributed by atoms with Gasteiger partial charge in [0.25, 0.3) is 11.6 Å². The number of halogens is 2. The van der Waals surface area contributed by atoms with Crippen LogP contribution in [-0.4, -0.2) is 9.13 Å². The van der Waals surface area contributed by atoms with Gasteiger partial charge < -0.3 is 34.0 Å². The second kappa shape index (κ2) is 11.9. The summed E-state index contributed by atoms with van der Waals surface area (Å²) in [6.07, 6.45) is 16.7. The number of imidazole rings is 2. The zero-order chi connectivity index (χ0) is 15.9. The molecule has 0 bridgehead atoms. The van der Waals surface area contributed by atoms with Gasteiger partial charge >= 0.3 is 0 Å². The van der Waals surface area contributed by atoms with Crippen LogP contribution in [-0.2, 0) is 27.2 Å². The highest BCUT2D eigenvalue weighted by Gasteiger charge is 2.08. The van der Waals surface area contributed by atoms with Crippen molar-refractivity contribution in [2.24, 2.45) is 14.1 Å². The maximum Gasteiger partial charge on any atom is 0.253 e. The third-order valence-corrected chi connectivity index (χ3v) is 4.84. The summed E-state index contributed by atoms with van der Waals surface area (Å²) in [6.45, 7) is 6.68. The molecule has 138 valence electrons. The van der Waals surface area contributed by atoms with Crippen LogP contribution in [0, 0.1) is 13.8 Å². The molecule has 4 nitrogen and oxygen atoms in total. The Balaban J connectivity index is 0.00000264. The summed E-state index contributed by atoms with van der Waals surface area (Å²) in [4.78, 5) is 0. The van der Waals surface area contributed by atoms with E-state index in [-0.39, 0.29) is 34.0 Å². The maximum absolute atomic E-state index is 2.36. The molecule has 2 heterocycles. The Kier molecular flexibility index (Phi) is 11.5. The monoisotopic (exact) mass is 462 g/mol. The molecule has 0 aliphatic heterocycles. The van der Waals surface area contributed by atoms with Crippen LogP contribution in [0.3, 0.4) is 0 Å². The molecule has 0 aromatic carbocycles. The summed E-state index contributed by atoms with van der Waals surface area (Å²) in [5.74, 6) is 2.69. The molecule has 0 atom stereocenters. The molecule has 0 N–H and O–H groups in total. The van der Waals surface area contributed by atoms with Crippen LogP contribution in [0.1, 0.15) is 50.2 Å². The lowest BCUT2D eigenvalue weighted by Crippen LogP contribution is -3.00. The van der Waals surface area contributed by atoms with Crippen molar-refractivity contribution in [3.05, 3.63) is 36.4 Å². The van der Waals surface area contributed by atoms with Crippen LogP contribution >= 0.6 is 0 Å². The first kappa shape index (κ1) is 23.4. The predicted molar refractivity (Wildman–Crippen MR) is 88.4 cm³/mol. The summed E-state index contributed by atoms with van der Waals surface area (Å²) in [6, 6.07) is 0. The molecule has 2 aromatic heterocycles. The van der Waals surface area contributed by atoms with Gasteiger partial charge in [-0.1, -0.05) is 12.8 Å². The number of aromatic nitrogens is 4. The van der Waals surface area contributed by atoms with E-state index in [4.69, 9.17) is 0 Å². The van der Waals surface area contributed by atoms with E-state index in [1.165, 1.54) is 50.2 Å². The molecule has 2 rings (SSSR count). The first-order valence-corrected chi connectivity index (χ1v) is 8.62. The van der Waals surface area contributed by atoms with E-state index in [2.05, 4.69) is 71.0 Å². The van der Waals surface area contributed by atoms with Crippen molar-refractivity contribution in [1.82, 2.24) is 9.13 Å². The quantitative estimate of drug-likeness (QED) is 0.272. The topological polar surface area (TPSA) is 17.6 Å². The highest BCUT2D eigenvalue weighted by molar-refractivity contribution is 4.79. The molecular weight excluding hydrogens is 432 g/mol. The Morgan fingerprint density at radius 3 is 1.29 bits per heavy atom. The molecule has 0 radical (unpaired) electrons. The van der Waals surface area contributed by atoms with E-state index in [9.17, 15) is 0 Å². The van der Waals surface area contributed by atoms with E-state index in [0.717, 1.165) is 13.1 Å². The lowest BCUT2D eigenvalue weighted by atomic mass is 10.1. The summed E-state index contributed by atoms with van der Waals surface area (Å²) in [7, 11) is 4.22. The number of hydrogen-bond acceptors (Lipinski definition) is 0. The summed E-state index contributed by atoms with van der Waals surface area (Å²) in [5, 5.41) is 0. The molecular formula is C18H32Br2N4. The first-order chi connectivity index (χ1) is 10.6. The standard InChI is InChI=1S/C18H32N4.2BrH/c1-17-19(3)13-15-21(17)11-9-7-5-6-8-10-12-22-16-14-20(4)18(22)2;;/h13-16H,5-12H2,1-4H3;2*1H/q+2;;/p-2. The summed E-state index contributed by atoms with van der Waals surface area (Å²) in [5.41, 5.74) is 0. The van der Waals surface area contributed by atoms with Gasteiger partial charge in [-0.25, -0.2) is 18.3 Å². The van der Waals surface area contributed by atoms with Gasteiger partial charge in [-0.3, -0.25) is 0 Å². The fourth-order valence-electron chi connectivity index (χ4n) is 2.94. The van der Waals surface area contributed by atoms with Gasteiger partial charge in [0.1, 0.15) is 24.8 Å². The normalized spacial score (nSPS) is 10.3. The zero-order valence-electron chi connectivity index (χ0n) is 15.5. The number of aryl methyl sites for hydroxylation is 4. The van der Waals surface area contributed by atoms with E-state index in [1.54, 1.807) is 0 Å². The third kappa shape index (κ3) is 6.71. The molecule has 0 saturated heterocycles. The maximum atomic E-state index is 2.36. The first-order valence-electron chi connectivity index (χ1n) is 8.62. The minimum absolute atomic E-state index is 0. The number of rotatable bonds is 9. The van der Waals surface area contributed by atoms with Crippen molar-refractivity contribution >= 4 is 0 Å². The van der Waals surface area contributed by atoms with Gasteiger partial charge in [0, 0.05) is 13.8 Å². The van der Waals surface area contributed by atoms with E-state index in [1.807, 2.05) is 0 Å². The van der Waals surface area contributed by atoms with Gasteiger partial charge in [-0.05, 0) is 25.7 Å². The smallest absolute Gasteiger partial charge is 0.253 e. The molecule has 0 unspecified atom stereocenters. The van der Waals surface area contributed by atoms with Crippen LogP contribution in [0.15, 0.2) is 24.8 Å². The number of unbranched alkanes of at least 4 members (excludes halogenated alkanes) is 5. The average Bonchev–Trinajstić information content (AvgIpc) is 2.99. The van der Waals surface area contributed by atoms with Gasteiger partial charge in [-0.15, -0.1) is 0 Å². The zero-order valence-corrected chi connectivity index (χ0v) is 18.7. The largest absolute Gasteiger partial charge is 1.00 e. The fourth-order valence-corrected chi connectivity index (χ4v) is 2.94. The Morgan fingerprint density at radius 1 is 0.667 bits per heavy atom. The van der Waals surface area contributed by atoms with Crippen LogP contribution < -0.4 is 43.1 Å². The Morgan fingerprint density at radius 2 is 1.00 bits per heavy atom.